The van der Waals surface area contributed by atoms with Crippen molar-refractivity contribution >= 4 is 14.5 Å². The standard InChI is InChI=1S/C13H24F3N2OP/c1-9(13(14,15)16)18-7-5-10(6-8-18)17-11(20)19-12(2,3)4/h9-10,17,20H,5-8H2,1-4H3. The van der Waals surface area contributed by atoms with Crippen LogP contribution in [0.25, 0.3) is 0 Å². The molecule has 0 amide bonds. The van der Waals surface area contributed by atoms with Gasteiger partial charge in [0, 0.05) is 19.1 Å². The summed E-state index contributed by atoms with van der Waals surface area (Å²) in [5, 5.41) is 3.17. The summed E-state index contributed by atoms with van der Waals surface area (Å²) in [6.45, 7) is 7.90. The lowest BCUT2D eigenvalue weighted by Crippen LogP contribution is -2.51. The minimum absolute atomic E-state index is 0.140. The molecular weight excluding hydrogens is 288 g/mol. The predicted molar refractivity (Wildman–Crippen MR) is 77.4 cm³/mol. The van der Waals surface area contributed by atoms with Gasteiger partial charge in [-0.1, -0.05) is 8.86 Å². The minimum atomic E-state index is -4.15. The van der Waals surface area contributed by atoms with Gasteiger partial charge in [-0.05, 0) is 40.5 Å². The zero-order chi connectivity index (χ0) is 15.6. The van der Waals surface area contributed by atoms with E-state index in [0.29, 0.717) is 31.5 Å². The van der Waals surface area contributed by atoms with Crippen LogP contribution in [-0.4, -0.2) is 47.5 Å². The van der Waals surface area contributed by atoms with Gasteiger partial charge in [-0.15, -0.1) is 0 Å². The highest BCUT2D eigenvalue weighted by Gasteiger charge is 2.41. The third-order valence-electron chi connectivity index (χ3n) is 3.29. The number of alkyl halides is 3. The Morgan fingerprint density at radius 2 is 1.75 bits per heavy atom. The summed E-state index contributed by atoms with van der Waals surface area (Å²) in [6, 6.07) is -1.23. The van der Waals surface area contributed by atoms with E-state index < -0.39 is 12.2 Å². The van der Waals surface area contributed by atoms with Crippen molar-refractivity contribution in [2.24, 2.45) is 0 Å². The third kappa shape index (κ3) is 6.08. The molecule has 1 aliphatic heterocycles. The molecule has 7 heteroatoms. The van der Waals surface area contributed by atoms with Gasteiger partial charge in [0.15, 0.2) is 0 Å². The molecule has 1 rings (SSSR count). The molecule has 0 radical (unpaired) electrons. The second kappa shape index (κ2) is 6.73. The first kappa shape index (κ1) is 17.9. The smallest absolute Gasteiger partial charge is 0.326 e. The molecule has 0 bridgehead atoms. The molecule has 0 saturated carbocycles. The van der Waals surface area contributed by atoms with E-state index in [1.165, 1.54) is 11.8 Å². The fourth-order valence-electron chi connectivity index (χ4n) is 2.16. The van der Waals surface area contributed by atoms with Gasteiger partial charge < -0.3 is 4.74 Å². The highest BCUT2D eigenvalue weighted by atomic mass is 31.0. The van der Waals surface area contributed by atoms with Crippen molar-refractivity contribution in [1.82, 2.24) is 10.2 Å². The summed E-state index contributed by atoms with van der Waals surface area (Å²) in [4.78, 5) is 1.48. The summed E-state index contributed by atoms with van der Waals surface area (Å²) in [5.41, 5.74) is 0.232. The fraction of sp³-hybridized carbons (Fsp3) is 0.923. The molecule has 0 aliphatic carbocycles. The van der Waals surface area contributed by atoms with E-state index >= 15 is 0 Å². The van der Waals surface area contributed by atoms with Crippen LogP contribution < -0.4 is 5.32 Å². The molecule has 1 aliphatic rings. The summed E-state index contributed by atoms with van der Waals surface area (Å²) in [5.74, 6) is 0. The van der Waals surface area contributed by atoms with Gasteiger partial charge in [0.25, 0.3) is 0 Å². The van der Waals surface area contributed by atoms with Crippen LogP contribution in [0.4, 0.5) is 13.2 Å². The van der Waals surface area contributed by atoms with E-state index in [0.717, 1.165) is 0 Å². The molecule has 1 unspecified atom stereocenters. The van der Waals surface area contributed by atoms with Crippen molar-refractivity contribution in [3.05, 3.63) is 0 Å². The van der Waals surface area contributed by atoms with Crippen molar-refractivity contribution in [3.8, 4) is 0 Å². The second-order valence-corrected chi connectivity index (χ2v) is 6.67. The van der Waals surface area contributed by atoms with Crippen molar-refractivity contribution in [3.63, 3.8) is 0 Å². The van der Waals surface area contributed by atoms with Gasteiger partial charge in [-0.25, -0.2) is 0 Å². The Labute approximate surface area is 121 Å². The van der Waals surface area contributed by atoms with Crippen molar-refractivity contribution in [2.45, 2.75) is 64.4 Å². The van der Waals surface area contributed by atoms with Crippen LogP contribution in [0.15, 0.2) is 0 Å². The van der Waals surface area contributed by atoms with E-state index in [9.17, 15) is 13.2 Å². The number of likely N-dealkylation sites (tertiary alicyclic amines) is 1. The van der Waals surface area contributed by atoms with Gasteiger partial charge in [-0.3, -0.25) is 10.2 Å². The third-order valence-corrected chi connectivity index (χ3v) is 3.54. The second-order valence-electron chi connectivity index (χ2n) is 6.22. The number of hydrogen-bond acceptors (Lipinski definition) is 2. The van der Waals surface area contributed by atoms with Gasteiger partial charge >= 0.3 is 6.18 Å². The monoisotopic (exact) mass is 312 g/mol. The molecule has 1 saturated heterocycles. The van der Waals surface area contributed by atoms with E-state index in [2.05, 4.69) is 14.2 Å². The van der Waals surface area contributed by atoms with Gasteiger partial charge in [0.05, 0.1) is 5.60 Å². The summed E-state index contributed by atoms with van der Waals surface area (Å²) in [6.07, 6.45) is -2.81. The number of halogens is 3. The predicted octanol–water partition coefficient (Wildman–Crippen LogP) is 3.04. The van der Waals surface area contributed by atoms with Crippen LogP contribution in [0.2, 0.25) is 0 Å². The highest BCUT2D eigenvalue weighted by Crippen LogP contribution is 2.26. The largest absolute Gasteiger partial charge is 0.403 e. The topological polar surface area (TPSA) is 24.5 Å². The number of piperidine rings is 1. The Balaban J connectivity index is 2.38. The van der Waals surface area contributed by atoms with Crippen LogP contribution in [0.5, 0.6) is 0 Å². The van der Waals surface area contributed by atoms with E-state index in [1.54, 1.807) is 0 Å². The maximum Gasteiger partial charge on any atom is 0.403 e. The zero-order valence-corrected chi connectivity index (χ0v) is 13.5. The lowest BCUT2D eigenvalue weighted by atomic mass is 10.0. The average molecular weight is 312 g/mol. The van der Waals surface area contributed by atoms with E-state index in [4.69, 9.17) is 4.74 Å². The first-order valence-corrected chi connectivity index (χ1v) is 7.34. The number of nitrogens with zero attached hydrogens (tertiary/aromatic N) is 1. The van der Waals surface area contributed by atoms with Crippen LogP contribution in [0.1, 0.15) is 40.5 Å². The van der Waals surface area contributed by atoms with Gasteiger partial charge in [0.1, 0.15) is 11.6 Å². The minimum Gasteiger partial charge on any atom is -0.326 e. The van der Waals surface area contributed by atoms with Gasteiger partial charge in [0.2, 0.25) is 0 Å². The quantitative estimate of drug-likeness (QED) is 0.808. The normalized spacial score (nSPS) is 20.9. The van der Waals surface area contributed by atoms with E-state index in [1.807, 2.05) is 20.8 Å². The van der Waals surface area contributed by atoms with Crippen LogP contribution in [-0.2, 0) is 4.74 Å². The van der Waals surface area contributed by atoms with Gasteiger partial charge in [-0.2, -0.15) is 13.2 Å². The molecule has 3 nitrogen and oxygen atoms in total. The number of ether oxygens (including phenoxy) is 1. The lowest BCUT2D eigenvalue weighted by Gasteiger charge is -2.37. The number of rotatable bonds is 4. The summed E-state index contributed by atoms with van der Waals surface area (Å²) < 4.78 is 43.5. The van der Waals surface area contributed by atoms with Crippen LogP contribution in [0, 0.1) is 0 Å². The maximum atomic E-state index is 12.6. The summed E-state index contributed by atoms with van der Waals surface area (Å²) in [7, 11) is 3.37. The molecule has 0 aromatic rings. The maximum absolute atomic E-state index is 12.6. The molecule has 0 aromatic heterocycles. The molecule has 118 valence electrons. The first-order valence-electron chi connectivity index (χ1n) is 6.84. The molecule has 1 N–H and O–H groups in total. The Morgan fingerprint density at radius 1 is 1.25 bits per heavy atom. The first-order chi connectivity index (χ1) is 8.99. The average Bonchev–Trinajstić information content (AvgIpc) is 2.25. The van der Waals surface area contributed by atoms with Crippen molar-refractivity contribution in [1.29, 1.82) is 0 Å². The Morgan fingerprint density at radius 3 is 2.15 bits per heavy atom. The highest BCUT2D eigenvalue weighted by molar-refractivity contribution is 7.20. The van der Waals surface area contributed by atoms with Crippen molar-refractivity contribution in [2.75, 3.05) is 13.1 Å². The van der Waals surface area contributed by atoms with E-state index in [-0.39, 0.29) is 11.6 Å². The SMILES string of the molecule is CC(N1CCC(NC(=P)OC(C)(C)C)CC1)C(F)(F)F. The lowest BCUT2D eigenvalue weighted by molar-refractivity contribution is -0.181. The molecule has 0 aromatic carbocycles. The molecule has 0 spiro atoms. The number of nitrogens with one attached hydrogen (secondary N) is 1. The molecule has 1 heterocycles. The van der Waals surface area contributed by atoms with Crippen LogP contribution >= 0.6 is 8.86 Å². The molecule has 1 atom stereocenters. The molecule has 20 heavy (non-hydrogen) atoms. The van der Waals surface area contributed by atoms with Crippen LogP contribution in [0.3, 0.4) is 0 Å². The molecular formula is C13H24F3N2OP. The Kier molecular flexibility index (Phi) is 6.02. The number of hydrogen-bond donors (Lipinski definition) is 1. The van der Waals surface area contributed by atoms with Crippen molar-refractivity contribution < 1.29 is 17.9 Å². The Bertz CT molecular complexity index is 333. The Hall–Kier alpha value is -0.160. The fourth-order valence-corrected chi connectivity index (χ4v) is 2.67. The zero-order valence-electron chi connectivity index (χ0n) is 12.5. The summed E-state index contributed by atoms with van der Waals surface area (Å²) >= 11 is 0. The molecule has 1 fully saturated rings.